The summed E-state index contributed by atoms with van der Waals surface area (Å²) in [6, 6.07) is 1.39. The van der Waals surface area contributed by atoms with Crippen LogP contribution in [0.1, 0.15) is 23.2 Å². The van der Waals surface area contributed by atoms with E-state index in [-0.39, 0.29) is 23.2 Å². The number of carbonyl (C=O) groups is 1. The van der Waals surface area contributed by atoms with Gasteiger partial charge in [-0.2, -0.15) is 11.8 Å². The number of hydrogen-bond acceptors (Lipinski definition) is 6. The van der Waals surface area contributed by atoms with Gasteiger partial charge >= 0.3 is 0 Å². The van der Waals surface area contributed by atoms with Crippen LogP contribution in [0.3, 0.4) is 0 Å². The Morgan fingerprint density at radius 2 is 2.20 bits per heavy atom. The number of aromatic nitrogens is 1. The third-order valence-electron chi connectivity index (χ3n) is 3.12. The molecule has 0 radical (unpaired) electrons. The van der Waals surface area contributed by atoms with Gasteiger partial charge in [0, 0.05) is 19.2 Å². The van der Waals surface area contributed by atoms with Crippen LogP contribution < -0.4 is 10.6 Å². The summed E-state index contributed by atoms with van der Waals surface area (Å²) in [5.41, 5.74) is 0.0216. The minimum atomic E-state index is -0.555. The van der Waals surface area contributed by atoms with Crippen LogP contribution in [0.25, 0.3) is 0 Å². The van der Waals surface area contributed by atoms with Gasteiger partial charge < -0.3 is 10.6 Å². The van der Waals surface area contributed by atoms with Gasteiger partial charge in [-0.25, -0.2) is 4.98 Å². The van der Waals surface area contributed by atoms with Gasteiger partial charge in [0.15, 0.2) is 0 Å². The summed E-state index contributed by atoms with van der Waals surface area (Å²) in [6.07, 6.45) is 2.99. The van der Waals surface area contributed by atoms with E-state index < -0.39 is 4.92 Å². The molecule has 2 N–H and O–H groups in total. The molecule has 7 nitrogen and oxygen atoms in total. The fourth-order valence-electron chi connectivity index (χ4n) is 2.03. The molecule has 0 aromatic carbocycles. The molecule has 0 saturated carbocycles. The maximum absolute atomic E-state index is 12.2. The Labute approximate surface area is 120 Å². The topological polar surface area (TPSA) is 97.2 Å². The second kappa shape index (κ2) is 6.56. The summed E-state index contributed by atoms with van der Waals surface area (Å²) >= 11 is 1.87. The average molecular weight is 296 g/mol. The van der Waals surface area contributed by atoms with Crippen molar-refractivity contribution in [3.05, 3.63) is 27.9 Å². The average Bonchev–Trinajstić information content (AvgIpc) is 2.47. The predicted octanol–water partition coefficient (Wildman–Crippen LogP) is 1.66. The van der Waals surface area contributed by atoms with E-state index in [0.717, 1.165) is 30.5 Å². The number of thioether (sulfide) groups is 1. The quantitative estimate of drug-likeness (QED) is 0.648. The van der Waals surface area contributed by atoms with Crippen LogP contribution in [-0.4, -0.2) is 40.4 Å². The van der Waals surface area contributed by atoms with Crippen LogP contribution in [0.15, 0.2) is 12.3 Å². The number of hydrogen-bond donors (Lipinski definition) is 2. The summed E-state index contributed by atoms with van der Waals surface area (Å²) in [7, 11) is 1.63. The number of nitrogens with zero attached hydrogens (tertiary/aromatic N) is 2. The van der Waals surface area contributed by atoms with Crippen molar-refractivity contribution in [1.29, 1.82) is 0 Å². The third-order valence-corrected chi connectivity index (χ3v) is 4.17. The number of pyridine rings is 1. The summed E-state index contributed by atoms with van der Waals surface area (Å²) in [4.78, 5) is 26.4. The van der Waals surface area contributed by atoms with Crippen molar-refractivity contribution in [3.63, 3.8) is 0 Å². The number of rotatable bonds is 4. The first-order valence-corrected chi connectivity index (χ1v) is 7.48. The Morgan fingerprint density at radius 1 is 1.50 bits per heavy atom. The molecule has 1 aromatic rings. The molecule has 0 bridgehead atoms. The largest absolute Gasteiger partial charge is 0.372 e. The molecule has 20 heavy (non-hydrogen) atoms. The van der Waals surface area contributed by atoms with Gasteiger partial charge in [0.25, 0.3) is 11.6 Å². The molecule has 0 atom stereocenters. The maximum atomic E-state index is 12.2. The molecule has 1 aliphatic heterocycles. The number of amides is 1. The van der Waals surface area contributed by atoms with Gasteiger partial charge in [-0.15, -0.1) is 0 Å². The molecule has 1 fully saturated rings. The Bertz CT molecular complexity index is 517. The minimum absolute atomic E-state index is 0.132. The van der Waals surface area contributed by atoms with E-state index >= 15 is 0 Å². The lowest BCUT2D eigenvalue weighted by molar-refractivity contribution is -0.385. The van der Waals surface area contributed by atoms with Crippen LogP contribution in [-0.2, 0) is 0 Å². The summed E-state index contributed by atoms with van der Waals surface area (Å²) in [5.74, 6) is 2.08. The van der Waals surface area contributed by atoms with Crippen LogP contribution in [0.5, 0.6) is 0 Å². The smallest absolute Gasteiger partial charge is 0.288 e. The molecular weight excluding hydrogens is 280 g/mol. The normalized spacial score (nSPS) is 15.7. The standard InChI is InChI=1S/C12H16N4O3S/c1-13-11-10(6-9(7-14-11)16(18)19)12(17)15-8-2-4-20-5-3-8/h6-8H,2-5H2,1H3,(H,13,14)(H,15,17). The highest BCUT2D eigenvalue weighted by Crippen LogP contribution is 2.21. The Kier molecular flexibility index (Phi) is 4.78. The Morgan fingerprint density at radius 3 is 2.80 bits per heavy atom. The Balaban J connectivity index is 2.18. The van der Waals surface area contributed by atoms with Gasteiger partial charge in [0.05, 0.1) is 10.5 Å². The zero-order valence-electron chi connectivity index (χ0n) is 11.1. The molecule has 1 amide bonds. The first kappa shape index (κ1) is 14.6. The number of carbonyl (C=O) groups excluding carboxylic acids is 1. The highest BCUT2D eigenvalue weighted by molar-refractivity contribution is 7.99. The molecule has 0 unspecified atom stereocenters. The highest BCUT2D eigenvalue weighted by atomic mass is 32.2. The van der Waals surface area contributed by atoms with Gasteiger partial charge in [-0.1, -0.05) is 0 Å². The molecule has 1 aromatic heterocycles. The fraction of sp³-hybridized carbons (Fsp3) is 0.500. The molecule has 0 spiro atoms. The lowest BCUT2D eigenvalue weighted by Crippen LogP contribution is -2.37. The van der Waals surface area contributed by atoms with Crippen LogP contribution >= 0.6 is 11.8 Å². The van der Waals surface area contributed by atoms with Gasteiger partial charge in [0.1, 0.15) is 12.0 Å². The van der Waals surface area contributed by atoms with Crippen LogP contribution in [0.4, 0.5) is 11.5 Å². The van der Waals surface area contributed by atoms with E-state index in [1.54, 1.807) is 7.05 Å². The van der Waals surface area contributed by atoms with Gasteiger partial charge in [0.2, 0.25) is 0 Å². The van der Waals surface area contributed by atoms with Crippen molar-refractivity contribution >= 4 is 29.2 Å². The molecule has 1 aliphatic rings. The maximum Gasteiger partial charge on any atom is 0.288 e. The monoisotopic (exact) mass is 296 g/mol. The fourth-order valence-corrected chi connectivity index (χ4v) is 3.14. The van der Waals surface area contributed by atoms with Crippen molar-refractivity contribution in [2.45, 2.75) is 18.9 Å². The molecule has 108 valence electrons. The van der Waals surface area contributed by atoms with Crippen LogP contribution in [0.2, 0.25) is 0 Å². The first-order valence-electron chi connectivity index (χ1n) is 6.32. The van der Waals surface area contributed by atoms with Gasteiger partial charge in [-0.05, 0) is 24.3 Å². The van der Waals surface area contributed by atoms with Crippen molar-refractivity contribution in [1.82, 2.24) is 10.3 Å². The molecule has 2 heterocycles. The number of nitro groups is 1. The van der Waals surface area contributed by atoms with E-state index in [0.29, 0.717) is 5.82 Å². The van der Waals surface area contributed by atoms with E-state index in [1.165, 1.54) is 6.07 Å². The van der Waals surface area contributed by atoms with Gasteiger partial charge in [-0.3, -0.25) is 14.9 Å². The molecular formula is C12H16N4O3S. The SMILES string of the molecule is CNc1ncc([N+](=O)[O-])cc1C(=O)NC1CCSCC1. The zero-order chi connectivity index (χ0) is 14.5. The lowest BCUT2D eigenvalue weighted by Gasteiger charge is -2.22. The second-order valence-corrected chi connectivity index (χ2v) is 5.68. The van der Waals surface area contributed by atoms with Crippen molar-refractivity contribution in [2.24, 2.45) is 0 Å². The van der Waals surface area contributed by atoms with Crippen molar-refractivity contribution in [2.75, 3.05) is 23.9 Å². The molecule has 0 aliphatic carbocycles. The second-order valence-electron chi connectivity index (χ2n) is 4.46. The third kappa shape index (κ3) is 3.38. The summed E-state index contributed by atoms with van der Waals surface area (Å²) in [5, 5.41) is 16.5. The van der Waals surface area contributed by atoms with Crippen molar-refractivity contribution in [3.8, 4) is 0 Å². The van der Waals surface area contributed by atoms with E-state index in [2.05, 4.69) is 15.6 Å². The number of nitrogens with one attached hydrogen (secondary N) is 2. The van der Waals surface area contributed by atoms with Crippen molar-refractivity contribution < 1.29 is 9.72 Å². The summed E-state index contributed by atoms with van der Waals surface area (Å²) in [6.45, 7) is 0. The first-order chi connectivity index (χ1) is 9.61. The minimum Gasteiger partial charge on any atom is -0.372 e. The predicted molar refractivity (Wildman–Crippen MR) is 78.3 cm³/mol. The molecule has 8 heteroatoms. The molecule has 2 rings (SSSR count). The van der Waals surface area contributed by atoms with E-state index in [1.807, 2.05) is 11.8 Å². The molecule has 1 saturated heterocycles. The zero-order valence-corrected chi connectivity index (χ0v) is 11.9. The lowest BCUT2D eigenvalue weighted by atomic mass is 10.1. The Hall–Kier alpha value is -1.83. The van der Waals surface area contributed by atoms with E-state index in [9.17, 15) is 14.9 Å². The highest BCUT2D eigenvalue weighted by Gasteiger charge is 2.21. The summed E-state index contributed by atoms with van der Waals surface area (Å²) < 4.78 is 0. The van der Waals surface area contributed by atoms with Crippen LogP contribution in [0, 0.1) is 10.1 Å². The number of anilines is 1. The van der Waals surface area contributed by atoms with E-state index in [4.69, 9.17) is 0 Å².